The van der Waals surface area contributed by atoms with Crippen molar-refractivity contribution in [3.8, 4) is 0 Å². The summed E-state index contributed by atoms with van der Waals surface area (Å²) in [5.74, 6) is 5.50. The second kappa shape index (κ2) is 6.21. The van der Waals surface area contributed by atoms with E-state index in [4.69, 9.17) is 4.74 Å². The fourth-order valence-electron chi connectivity index (χ4n) is 8.38. The quantitative estimate of drug-likeness (QED) is 0.736. The molecule has 2 saturated heterocycles. The lowest BCUT2D eigenvalue weighted by Gasteiger charge is -2.51. The molecule has 7 atom stereocenters. The minimum atomic E-state index is 0.571. The van der Waals surface area contributed by atoms with Crippen molar-refractivity contribution in [2.75, 3.05) is 19.8 Å². The maximum atomic E-state index is 5.61. The van der Waals surface area contributed by atoms with E-state index in [9.17, 15) is 0 Å². The molecule has 26 heavy (non-hydrogen) atoms. The number of fused-ring (bicyclic) bond motifs is 1. The van der Waals surface area contributed by atoms with Crippen LogP contribution in [0.3, 0.4) is 0 Å². The minimum Gasteiger partial charge on any atom is -0.380 e. The van der Waals surface area contributed by atoms with E-state index >= 15 is 0 Å². The molecule has 0 radical (unpaired) electrons. The van der Waals surface area contributed by atoms with Gasteiger partial charge in [0.25, 0.3) is 0 Å². The maximum absolute atomic E-state index is 5.61. The number of hydrogen-bond donors (Lipinski definition) is 1. The Kier molecular flexibility index (Phi) is 4.02. The second-order valence-electron chi connectivity index (χ2n) is 11.7. The normalized spacial score (nSPS) is 52.6. The van der Waals surface area contributed by atoms with Crippen molar-refractivity contribution >= 4 is 0 Å². The van der Waals surface area contributed by atoms with Crippen molar-refractivity contribution < 1.29 is 4.74 Å². The van der Waals surface area contributed by atoms with E-state index < -0.39 is 0 Å². The number of ether oxygens (including phenoxy) is 1. The van der Waals surface area contributed by atoms with Crippen molar-refractivity contribution in [2.45, 2.75) is 89.5 Å². The first-order valence-electron chi connectivity index (χ1n) is 12.0. The molecule has 0 aromatic carbocycles. The first kappa shape index (κ1) is 16.8. The van der Waals surface area contributed by atoms with Crippen molar-refractivity contribution in [3.05, 3.63) is 0 Å². The second-order valence-corrected chi connectivity index (χ2v) is 11.7. The molecule has 2 heteroatoms. The van der Waals surface area contributed by atoms with Crippen LogP contribution in [0.1, 0.15) is 83.5 Å². The van der Waals surface area contributed by atoms with Gasteiger partial charge in [0.15, 0.2) is 0 Å². The van der Waals surface area contributed by atoms with Crippen LogP contribution < -0.4 is 5.32 Å². The van der Waals surface area contributed by atoms with Gasteiger partial charge < -0.3 is 10.1 Å². The Morgan fingerprint density at radius 2 is 1.46 bits per heavy atom. The lowest BCUT2D eigenvalue weighted by Crippen LogP contribution is -2.56. The van der Waals surface area contributed by atoms with Crippen LogP contribution in [-0.4, -0.2) is 25.8 Å². The molecule has 6 fully saturated rings. The van der Waals surface area contributed by atoms with Crippen LogP contribution in [0, 0.1) is 40.4 Å². The zero-order valence-corrected chi connectivity index (χ0v) is 16.7. The Balaban J connectivity index is 1.10. The standard InChI is InChI=1S/C24H39NO/c1-2-20(22-14-24(8-9-25-22)15-26-16-24)13-23(6-1)7-5-19(12-23)17-3-4-18-11-21(18)10-17/h17-22,25H,1-16H2. The summed E-state index contributed by atoms with van der Waals surface area (Å²) in [5.41, 5.74) is 1.32. The van der Waals surface area contributed by atoms with Gasteiger partial charge >= 0.3 is 0 Å². The molecule has 0 aromatic heterocycles. The molecule has 6 rings (SSSR count). The maximum Gasteiger partial charge on any atom is 0.0545 e. The van der Waals surface area contributed by atoms with Gasteiger partial charge in [0.05, 0.1) is 13.2 Å². The third-order valence-electron chi connectivity index (χ3n) is 10.1. The van der Waals surface area contributed by atoms with E-state index in [1.807, 2.05) is 0 Å². The molecule has 0 amide bonds. The van der Waals surface area contributed by atoms with Crippen molar-refractivity contribution in [1.29, 1.82) is 0 Å². The Labute approximate surface area is 160 Å². The predicted molar refractivity (Wildman–Crippen MR) is 105 cm³/mol. The van der Waals surface area contributed by atoms with Crippen molar-refractivity contribution in [2.24, 2.45) is 40.4 Å². The summed E-state index contributed by atoms with van der Waals surface area (Å²) < 4.78 is 5.61. The highest BCUT2D eigenvalue weighted by Crippen LogP contribution is 2.60. The molecule has 0 aromatic rings. The Hall–Kier alpha value is -0.0800. The lowest BCUT2D eigenvalue weighted by atomic mass is 9.62. The number of hydrogen-bond acceptors (Lipinski definition) is 2. The van der Waals surface area contributed by atoms with Gasteiger partial charge in [-0.05, 0) is 119 Å². The molecule has 4 saturated carbocycles. The third kappa shape index (κ3) is 2.89. The number of nitrogens with one attached hydrogen (secondary N) is 1. The van der Waals surface area contributed by atoms with Crippen molar-refractivity contribution in [1.82, 2.24) is 5.32 Å². The summed E-state index contributed by atoms with van der Waals surface area (Å²) in [6.07, 6.45) is 20.0. The van der Waals surface area contributed by atoms with Crippen LogP contribution in [0.4, 0.5) is 0 Å². The van der Waals surface area contributed by atoms with Crippen LogP contribution >= 0.6 is 0 Å². The summed E-state index contributed by atoms with van der Waals surface area (Å²) in [6, 6.07) is 0.797. The molecule has 6 aliphatic rings. The molecule has 2 spiro atoms. The SMILES string of the molecule is C1CC(C2CC3(CCN2)COC3)CC2(C1)CCC(C1CCC3CC3C1)C2. The molecule has 2 aliphatic heterocycles. The molecule has 4 aliphatic carbocycles. The van der Waals surface area contributed by atoms with Gasteiger partial charge in [-0.1, -0.05) is 6.42 Å². The van der Waals surface area contributed by atoms with Crippen molar-refractivity contribution in [3.63, 3.8) is 0 Å². The molecular weight excluding hydrogens is 318 g/mol. The van der Waals surface area contributed by atoms with E-state index in [-0.39, 0.29) is 0 Å². The average Bonchev–Trinajstić information content (AvgIpc) is 3.33. The molecule has 0 bridgehead atoms. The summed E-state index contributed by atoms with van der Waals surface area (Å²) in [5, 5.41) is 3.95. The summed E-state index contributed by atoms with van der Waals surface area (Å²) in [6.45, 7) is 3.34. The highest BCUT2D eigenvalue weighted by molar-refractivity contribution is 5.02. The zero-order valence-electron chi connectivity index (χ0n) is 16.7. The van der Waals surface area contributed by atoms with Crippen LogP contribution in [0.25, 0.3) is 0 Å². The lowest BCUT2D eigenvalue weighted by molar-refractivity contribution is -0.139. The Morgan fingerprint density at radius 1 is 0.654 bits per heavy atom. The zero-order chi connectivity index (χ0) is 17.2. The van der Waals surface area contributed by atoms with Gasteiger partial charge in [0.2, 0.25) is 0 Å². The van der Waals surface area contributed by atoms with E-state index in [1.54, 1.807) is 57.8 Å². The molecular formula is C24H39NO. The minimum absolute atomic E-state index is 0.571. The van der Waals surface area contributed by atoms with Crippen LogP contribution in [0.2, 0.25) is 0 Å². The monoisotopic (exact) mass is 357 g/mol. The Morgan fingerprint density at radius 3 is 2.23 bits per heavy atom. The molecule has 1 N–H and O–H groups in total. The van der Waals surface area contributed by atoms with Gasteiger partial charge in [0.1, 0.15) is 0 Å². The van der Waals surface area contributed by atoms with E-state index in [1.165, 1.54) is 38.1 Å². The first-order chi connectivity index (χ1) is 12.7. The molecule has 2 heterocycles. The number of piperidine rings is 1. The first-order valence-corrected chi connectivity index (χ1v) is 12.0. The van der Waals surface area contributed by atoms with Crippen LogP contribution in [-0.2, 0) is 4.74 Å². The van der Waals surface area contributed by atoms with Gasteiger partial charge in [-0.3, -0.25) is 0 Å². The van der Waals surface area contributed by atoms with E-state index in [0.717, 1.165) is 48.3 Å². The Bertz CT molecular complexity index is 542. The van der Waals surface area contributed by atoms with E-state index in [2.05, 4.69) is 5.32 Å². The summed E-state index contributed by atoms with van der Waals surface area (Å²) in [7, 11) is 0. The van der Waals surface area contributed by atoms with Crippen LogP contribution in [0.5, 0.6) is 0 Å². The molecule has 146 valence electrons. The van der Waals surface area contributed by atoms with E-state index in [0.29, 0.717) is 5.41 Å². The predicted octanol–water partition coefficient (Wildman–Crippen LogP) is 5.17. The molecule has 7 unspecified atom stereocenters. The summed E-state index contributed by atoms with van der Waals surface area (Å²) >= 11 is 0. The summed E-state index contributed by atoms with van der Waals surface area (Å²) in [4.78, 5) is 0. The average molecular weight is 358 g/mol. The number of rotatable bonds is 2. The van der Waals surface area contributed by atoms with Crippen LogP contribution in [0.15, 0.2) is 0 Å². The molecule has 2 nitrogen and oxygen atoms in total. The highest BCUT2D eigenvalue weighted by atomic mass is 16.5. The van der Waals surface area contributed by atoms with Gasteiger partial charge in [0, 0.05) is 11.5 Å². The third-order valence-corrected chi connectivity index (χ3v) is 10.1. The fraction of sp³-hybridized carbons (Fsp3) is 1.00. The van der Waals surface area contributed by atoms with Gasteiger partial charge in [-0.15, -0.1) is 0 Å². The topological polar surface area (TPSA) is 21.3 Å². The highest BCUT2D eigenvalue weighted by Gasteiger charge is 2.51. The smallest absolute Gasteiger partial charge is 0.0545 e. The van der Waals surface area contributed by atoms with Gasteiger partial charge in [-0.25, -0.2) is 0 Å². The fourth-order valence-corrected chi connectivity index (χ4v) is 8.38. The largest absolute Gasteiger partial charge is 0.380 e. The van der Waals surface area contributed by atoms with Gasteiger partial charge in [-0.2, -0.15) is 0 Å².